The highest BCUT2D eigenvalue weighted by Gasteiger charge is 2.12. The van der Waals surface area contributed by atoms with Gasteiger partial charge in [0, 0.05) is 0 Å². The zero-order valence-corrected chi connectivity index (χ0v) is 14.0. The lowest BCUT2D eigenvalue weighted by molar-refractivity contribution is 0.0952. The summed E-state index contributed by atoms with van der Waals surface area (Å²) in [7, 11) is 0. The summed E-state index contributed by atoms with van der Waals surface area (Å²) < 4.78 is 5.39. The van der Waals surface area contributed by atoms with E-state index < -0.39 is 5.91 Å². The summed E-state index contributed by atoms with van der Waals surface area (Å²) in [5, 5.41) is 16.0. The maximum atomic E-state index is 12.4. The van der Waals surface area contributed by atoms with Crippen LogP contribution in [0.15, 0.2) is 81.2 Å². The van der Waals surface area contributed by atoms with Gasteiger partial charge < -0.3 is 9.52 Å². The summed E-state index contributed by atoms with van der Waals surface area (Å²) in [6.45, 7) is 0. The predicted molar refractivity (Wildman–Crippen MR) is 103 cm³/mol. The molecule has 0 unspecified atom stereocenters. The van der Waals surface area contributed by atoms with Crippen molar-refractivity contribution in [3.8, 4) is 5.75 Å². The van der Waals surface area contributed by atoms with Gasteiger partial charge >= 0.3 is 0 Å². The van der Waals surface area contributed by atoms with Gasteiger partial charge in [0.05, 0.1) is 22.7 Å². The lowest BCUT2D eigenvalue weighted by Crippen LogP contribution is -2.18. The molecule has 0 spiro atoms. The van der Waals surface area contributed by atoms with Crippen LogP contribution in [0, 0.1) is 0 Å². The van der Waals surface area contributed by atoms with Gasteiger partial charge in [0.2, 0.25) is 5.43 Å². The number of phenols is 1. The smallest absolute Gasteiger partial charge is 0.275 e. The summed E-state index contributed by atoms with van der Waals surface area (Å²) >= 11 is 0. The Bertz CT molecular complexity index is 1260. The number of hydrazone groups is 1. The molecule has 4 rings (SSSR count). The molecule has 0 radical (unpaired) electrons. The molecule has 4 aromatic rings. The van der Waals surface area contributed by atoms with Crippen LogP contribution in [0.25, 0.3) is 21.7 Å². The van der Waals surface area contributed by atoms with Crippen LogP contribution >= 0.6 is 0 Å². The summed E-state index contributed by atoms with van der Waals surface area (Å²) in [6, 6.07) is 17.3. The first-order valence-electron chi connectivity index (χ1n) is 8.19. The largest absolute Gasteiger partial charge is 0.507 e. The van der Waals surface area contributed by atoms with Crippen molar-refractivity contribution in [1.82, 2.24) is 5.43 Å². The third-order valence-electron chi connectivity index (χ3n) is 4.19. The third kappa shape index (κ3) is 3.16. The quantitative estimate of drug-likeness (QED) is 0.434. The minimum atomic E-state index is -0.584. The van der Waals surface area contributed by atoms with E-state index in [0.29, 0.717) is 11.0 Å². The highest BCUT2D eigenvalue weighted by Crippen LogP contribution is 2.24. The van der Waals surface area contributed by atoms with Crippen molar-refractivity contribution in [2.75, 3.05) is 0 Å². The molecule has 0 fully saturated rings. The predicted octanol–water partition coefficient (Wildman–Crippen LogP) is 3.42. The van der Waals surface area contributed by atoms with Crippen molar-refractivity contribution in [2.24, 2.45) is 5.10 Å². The lowest BCUT2D eigenvalue weighted by Gasteiger charge is -2.05. The molecule has 0 saturated carbocycles. The Balaban J connectivity index is 1.58. The number of nitrogens with zero attached hydrogens (tertiary/aromatic N) is 1. The Hall–Kier alpha value is -3.93. The summed E-state index contributed by atoms with van der Waals surface area (Å²) in [5.74, 6) is -0.730. The van der Waals surface area contributed by atoms with Crippen molar-refractivity contribution in [1.29, 1.82) is 0 Å². The van der Waals surface area contributed by atoms with E-state index >= 15 is 0 Å². The van der Waals surface area contributed by atoms with Crippen LogP contribution in [-0.2, 0) is 0 Å². The van der Waals surface area contributed by atoms with Crippen LogP contribution in [0.3, 0.4) is 0 Å². The zero-order chi connectivity index (χ0) is 18.8. The number of rotatable bonds is 3. The van der Waals surface area contributed by atoms with Gasteiger partial charge in [-0.25, -0.2) is 5.43 Å². The summed E-state index contributed by atoms with van der Waals surface area (Å²) in [6.07, 6.45) is 2.50. The van der Waals surface area contributed by atoms with E-state index in [9.17, 15) is 14.7 Å². The van der Waals surface area contributed by atoms with Crippen molar-refractivity contribution in [2.45, 2.75) is 0 Å². The van der Waals surface area contributed by atoms with E-state index in [0.717, 1.165) is 10.8 Å². The lowest BCUT2D eigenvalue weighted by atomic mass is 10.1. The van der Waals surface area contributed by atoms with Crippen LogP contribution in [-0.4, -0.2) is 17.2 Å². The van der Waals surface area contributed by atoms with E-state index in [1.54, 1.807) is 30.3 Å². The van der Waals surface area contributed by atoms with Gasteiger partial charge in [0.15, 0.2) is 0 Å². The van der Waals surface area contributed by atoms with Crippen molar-refractivity contribution < 1.29 is 14.3 Å². The third-order valence-corrected chi connectivity index (χ3v) is 4.19. The van der Waals surface area contributed by atoms with Crippen molar-refractivity contribution in [3.63, 3.8) is 0 Å². The number of carbonyl (C=O) groups excluding carboxylic acids is 1. The fraction of sp³-hybridized carbons (Fsp3) is 0. The second-order valence-corrected chi connectivity index (χ2v) is 5.93. The number of benzene rings is 3. The number of aromatic hydroxyl groups is 1. The van der Waals surface area contributed by atoms with Crippen LogP contribution in [0.2, 0.25) is 0 Å². The van der Waals surface area contributed by atoms with Crippen LogP contribution in [0.4, 0.5) is 0 Å². The normalized spacial score (nSPS) is 11.3. The SMILES string of the molecule is O=C(N/N=C/c1coc2ccccc2c1=O)c1cc2ccccc2cc1O. The average molecular weight is 358 g/mol. The van der Waals surface area contributed by atoms with Crippen LogP contribution in [0.1, 0.15) is 15.9 Å². The molecule has 0 aliphatic heterocycles. The summed E-state index contributed by atoms with van der Waals surface area (Å²) in [5.41, 5.74) is 2.85. The Labute approximate surface area is 153 Å². The second-order valence-electron chi connectivity index (χ2n) is 5.93. The van der Waals surface area contributed by atoms with Crippen molar-refractivity contribution >= 4 is 33.9 Å². The highest BCUT2D eigenvalue weighted by molar-refractivity contribution is 6.01. The van der Waals surface area contributed by atoms with Gasteiger partial charge in [-0.15, -0.1) is 0 Å². The molecule has 132 valence electrons. The van der Waals surface area contributed by atoms with Gasteiger partial charge in [0.1, 0.15) is 17.6 Å². The minimum absolute atomic E-state index is 0.0939. The monoisotopic (exact) mass is 358 g/mol. The van der Waals surface area contributed by atoms with E-state index in [-0.39, 0.29) is 22.3 Å². The zero-order valence-electron chi connectivity index (χ0n) is 14.0. The fourth-order valence-corrected chi connectivity index (χ4v) is 2.81. The fourth-order valence-electron chi connectivity index (χ4n) is 2.81. The standard InChI is InChI=1S/C21H14N2O4/c24-18-10-14-6-2-1-5-13(14)9-17(18)21(26)23-22-11-15-12-27-19-8-4-3-7-16(19)20(15)25/h1-12,24H,(H,23,26)/b22-11+. The number of hydrogen-bond donors (Lipinski definition) is 2. The maximum absolute atomic E-state index is 12.4. The number of fused-ring (bicyclic) bond motifs is 2. The molecule has 1 amide bonds. The van der Waals surface area contributed by atoms with Crippen LogP contribution in [0.5, 0.6) is 5.75 Å². The highest BCUT2D eigenvalue weighted by atomic mass is 16.3. The number of nitrogens with one attached hydrogen (secondary N) is 1. The Kier molecular flexibility index (Phi) is 4.14. The summed E-state index contributed by atoms with van der Waals surface area (Å²) in [4.78, 5) is 24.7. The molecule has 0 aliphatic carbocycles. The van der Waals surface area contributed by atoms with E-state index in [1.807, 2.05) is 24.3 Å². The van der Waals surface area contributed by atoms with Crippen molar-refractivity contribution in [3.05, 3.63) is 88.3 Å². The number of hydrogen-bond acceptors (Lipinski definition) is 5. The topological polar surface area (TPSA) is 91.9 Å². The molecule has 0 bridgehead atoms. The second kappa shape index (κ2) is 6.76. The number of phenolic OH excluding ortho intramolecular Hbond substituents is 1. The molecule has 1 aromatic heterocycles. The van der Waals surface area contributed by atoms with Gasteiger partial charge in [-0.1, -0.05) is 36.4 Å². The molecule has 0 atom stereocenters. The van der Waals surface area contributed by atoms with E-state index in [4.69, 9.17) is 4.42 Å². The Morgan fingerprint density at radius 2 is 1.74 bits per heavy atom. The maximum Gasteiger partial charge on any atom is 0.275 e. The first-order valence-corrected chi connectivity index (χ1v) is 8.19. The first-order chi connectivity index (χ1) is 13.1. The van der Waals surface area contributed by atoms with Crippen LogP contribution < -0.4 is 10.9 Å². The minimum Gasteiger partial charge on any atom is -0.507 e. The van der Waals surface area contributed by atoms with Gasteiger partial charge in [0.25, 0.3) is 5.91 Å². The molecule has 1 heterocycles. The molecule has 6 nitrogen and oxygen atoms in total. The molecule has 6 heteroatoms. The molecule has 0 aliphatic rings. The first kappa shape index (κ1) is 16.5. The number of para-hydroxylation sites is 1. The Morgan fingerprint density at radius 3 is 2.56 bits per heavy atom. The Morgan fingerprint density at radius 1 is 1.04 bits per heavy atom. The average Bonchev–Trinajstić information content (AvgIpc) is 2.69. The van der Waals surface area contributed by atoms with Gasteiger partial charge in [-0.3, -0.25) is 9.59 Å². The molecule has 0 saturated heterocycles. The van der Waals surface area contributed by atoms with Gasteiger partial charge in [-0.05, 0) is 35.0 Å². The van der Waals surface area contributed by atoms with Gasteiger partial charge in [-0.2, -0.15) is 5.10 Å². The number of carbonyl (C=O) groups is 1. The molecule has 3 aromatic carbocycles. The molecule has 27 heavy (non-hydrogen) atoms. The molecule has 2 N–H and O–H groups in total. The van der Waals surface area contributed by atoms with E-state index in [2.05, 4.69) is 10.5 Å². The molecular formula is C21H14N2O4. The number of amides is 1. The molecular weight excluding hydrogens is 344 g/mol. The van der Waals surface area contributed by atoms with E-state index in [1.165, 1.54) is 18.5 Å².